The molecule has 26 heavy (non-hydrogen) atoms. The third-order valence-corrected chi connectivity index (χ3v) is 4.50. The molecule has 130 valence electrons. The van der Waals surface area contributed by atoms with Crippen molar-refractivity contribution in [3.05, 3.63) is 72.1 Å². The number of amides is 1. The van der Waals surface area contributed by atoms with E-state index in [1.165, 1.54) is 5.56 Å². The number of anilines is 2. The molecular formula is C20H19N5O. The zero-order valence-electron chi connectivity index (χ0n) is 14.2. The summed E-state index contributed by atoms with van der Waals surface area (Å²) >= 11 is 0. The highest BCUT2D eigenvalue weighted by Crippen LogP contribution is 2.33. The maximum Gasteiger partial charge on any atom is 0.303 e. The SMILES string of the molecule is NNC(=O)c1nc(-c2ccccc2)cc(N2CCCc3ccccc32)n1. The van der Waals surface area contributed by atoms with Crippen molar-refractivity contribution in [2.45, 2.75) is 12.8 Å². The molecule has 2 aromatic carbocycles. The maximum absolute atomic E-state index is 12.1. The lowest BCUT2D eigenvalue weighted by Gasteiger charge is -2.30. The molecule has 1 aromatic heterocycles. The van der Waals surface area contributed by atoms with Crippen LogP contribution in [0.1, 0.15) is 22.6 Å². The van der Waals surface area contributed by atoms with Gasteiger partial charge in [0.1, 0.15) is 5.82 Å². The summed E-state index contributed by atoms with van der Waals surface area (Å²) in [5, 5.41) is 0. The van der Waals surface area contributed by atoms with Gasteiger partial charge in [-0.1, -0.05) is 48.5 Å². The minimum Gasteiger partial charge on any atom is -0.326 e. The fraction of sp³-hybridized carbons (Fsp3) is 0.150. The van der Waals surface area contributed by atoms with Gasteiger partial charge in [-0.25, -0.2) is 15.8 Å². The molecule has 6 nitrogen and oxygen atoms in total. The van der Waals surface area contributed by atoms with Crippen LogP contribution >= 0.6 is 0 Å². The molecule has 0 radical (unpaired) electrons. The number of carbonyl (C=O) groups is 1. The van der Waals surface area contributed by atoms with E-state index in [4.69, 9.17) is 5.84 Å². The first-order valence-electron chi connectivity index (χ1n) is 8.57. The number of hydrogen-bond donors (Lipinski definition) is 2. The normalized spacial score (nSPS) is 13.2. The Kier molecular flexibility index (Phi) is 4.33. The second-order valence-corrected chi connectivity index (χ2v) is 6.16. The number of carbonyl (C=O) groups excluding carboxylic acids is 1. The third kappa shape index (κ3) is 3.02. The van der Waals surface area contributed by atoms with Crippen molar-refractivity contribution in [3.63, 3.8) is 0 Å². The molecule has 3 aromatic rings. The number of nitrogens with one attached hydrogen (secondary N) is 1. The van der Waals surface area contributed by atoms with Crippen molar-refractivity contribution >= 4 is 17.4 Å². The van der Waals surface area contributed by atoms with Gasteiger partial charge in [0.2, 0.25) is 5.82 Å². The lowest BCUT2D eigenvalue weighted by Crippen LogP contribution is -2.32. The molecule has 0 atom stereocenters. The number of nitrogens with zero attached hydrogens (tertiary/aromatic N) is 3. The smallest absolute Gasteiger partial charge is 0.303 e. The van der Waals surface area contributed by atoms with Crippen LogP contribution in [0.5, 0.6) is 0 Å². The van der Waals surface area contributed by atoms with Gasteiger partial charge in [-0.15, -0.1) is 0 Å². The van der Waals surface area contributed by atoms with Crippen molar-refractivity contribution < 1.29 is 4.79 Å². The quantitative estimate of drug-likeness (QED) is 0.433. The van der Waals surface area contributed by atoms with Gasteiger partial charge in [0.25, 0.3) is 0 Å². The molecular weight excluding hydrogens is 326 g/mol. The summed E-state index contributed by atoms with van der Waals surface area (Å²) in [6.07, 6.45) is 2.07. The number of nitrogen functional groups attached to an aromatic ring is 1. The van der Waals surface area contributed by atoms with E-state index >= 15 is 0 Å². The van der Waals surface area contributed by atoms with Gasteiger partial charge in [0.15, 0.2) is 0 Å². The Bertz CT molecular complexity index is 942. The molecule has 0 spiro atoms. The fourth-order valence-corrected chi connectivity index (χ4v) is 3.27. The van der Waals surface area contributed by atoms with Crippen LogP contribution < -0.4 is 16.2 Å². The average molecular weight is 345 g/mol. The van der Waals surface area contributed by atoms with Gasteiger partial charge in [0.05, 0.1) is 5.69 Å². The first-order chi connectivity index (χ1) is 12.8. The number of hydrazine groups is 1. The van der Waals surface area contributed by atoms with E-state index in [9.17, 15) is 4.79 Å². The number of aromatic nitrogens is 2. The number of hydrogen-bond acceptors (Lipinski definition) is 5. The molecule has 0 bridgehead atoms. The van der Waals surface area contributed by atoms with E-state index in [1.807, 2.05) is 48.5 Å². The molecule has 0 saturated heterocycles. The average Bonchev–Trinajstić information content (AvgIpc) is 2.73. The van der Waals surface area contributed by atoms with E-state index < -0.39 is 5.91 Å². The second-order valence-electron chi connectivity index (χ2n) is 6.16. The van der Waals surface area contributed by atoms with Crippen molar-refractivity contribution in [3.8, 4) is 11.3 Å². The molecule has 0 aliphatic carbocycles. The Balaban J connectivity index is 1.85. The van der Waals surface area contributed by atoms with E-state index in [1.54, 1.807) is 0 Å². The second kappa shape index (κ2) is 6.93. The number of nitrogens with two attached hydrogens (primary N) is 1. The van der Waals surface area contributed by atoms with E-state index in [-0.39, 0.29) is 5.82 Å². The zero-order chi connectivity index (χ0) is 17.9. The molecule has 1 aliphatic heterocycles. The highest BCUT2D eigenvalue weighted by molar-refractivity contribution is 5.91. The Morgan fingerprint density at radius 3 is 2.62 bits per heavy atom. The number of benzene rings is 2. The van der Waals surface area contributed by atoms with Crippen LogP contribution in [-0.4, -0.2) is 22.4 Å². The number of aryl methyl sites for hydroxylation is 1. The van der Waals surface area contributed by atoms with Crippen LogP contribution in [0.15, 0.2) is 60.7 Å². The minimum absolute atomic E-state index is 0.0620. The number of para-hydroxylation sites is 1. The predicted molar refractivity (Wildman–Crippen MR) is 101 cm³/mol. The van der Waals surface area contributed by atoms with E-state index in [0.717, 1.165) is 30.6 Å². The summed E-state index contributed by atoms with van der Waals surface area (Å²) in [6.45, 7) is 0.839. The van der Waals surface area contributed by atoms with Gasteiger partial charge in [-0.05, 0) is 24.5 Å². The van der Waals surface area contributed by atoms with Crippen molar-refractivity contribution in [2.75, 3.05) is 11.4 Å². The minimum atomic E-state index is -0.505. The van der Waals surface area contributed by atoms with Gasteiger partial charge in [-0.2, -0.15) is 0 Å². The molecule has 4 rings (SSSR count). The summed E-state index contributed by atoms with van der Waals surface area (Å²) in [5.41, 5.74) is 6.14. The monoisotopic (exact) mass is 345 g/mol. The zero-order valence-corrected chi connectivity index (χ0v) is 14.2. The summed E-state index contributed by atoms with van der Waals surface area (Å²) in [7, 11) is 0. The first-order valence-corrected chi connectivity index (χ1v) is 8.57. The van der Waals surface area contributed by atoms with Crippen LogP contribution in [-0.2, 0) is 6.42 Å². The van der Waals surface area contributed by atoms with Gasteiger partial charge in [0, 0.05) is 23.9 Å². The Labute approximate surface area is 151 Å². The van der Waals surface area contributed by atoms with Gasteiger partial charge < -0.3 is 4.90 Å². The summed E-state index contributed by atoms with van der Waals surface area (Å²) in [6, 6.07) is 19.9. The van der Waals surface area contributed by atoms with Gasteiger partial charge >= 0.3 is 5.91 Å². The topological polar surface area (TPSA) is 84.1 Å². The van der Waals surface area contributed by atoms with Crippen LogP contribution in [0.25, 0.3) is 11.3 Å². The lowest BCUT2D eigenvalue weighted by atomic mass is 10.0. The number of rotatable bonds is 3. The van der Waals surface area contributed by atoms with Gasteiger partial charge in [-0.3, -0.25) is 10.2 Å². The van der Waals surface area contributed by atoms with Crippen molar-refractivity contribution in [1.82, 2.24) is 15.4 Å². The summed E-state index contributed by atoms with van der Waals surface area (Å²) in [4.78, 5) is 23.1. The predicted octanol–water partition coefficient (Wildman–Crippen LogP) is 2.83. The third-order valence-electron chi connectivity index (χ3n) is 4.50. The largest absolute Gasteiger partial charge is 0.326 e. The molecule has 6 heteroatoms. The summed E-state index contributed by atoms with van der Waals surface area (Å²) in [5.74, 6) is 5.56. The Hall–Kier alpha value is -3.25. The molecule has 0 fully saturated rings. The molecule has 0 unspecified atom stereocenters. The first kappa shape index (κ1) is 16.2. The standard InChI is InChI=1S/C20H19N5O/c21-24-20(26)19-22-16(14-7-2-1-3-8-14)13-18(23-19)25-12-6-10-15-9-4-5-11-17(15)25/h1-5,7-9,11,13H,6,10,12,21H2,(H,24,26). The Morgan fingerprint density at radius 2 is 1.81 bits per heavy atom. The Morgan fingerprint density at radius 1 is 1.04 bits per heavy atom. The maximum atomic E-state index is 12.1. The van der Waals surface area contributed by atoms with Crippen LogP contribution in [0, 0.1) is 0 Å². The molecule has 3 N–H and O–H groups in total. The molecule has 1 aliphatic rings. The molecule has 0 saturated carbocycles. The molecule has 2 heterocycles. The van der Waals surface area contributed by atoms with E-state index in [0.29, 0.717) is 11.5 Å². The van der Waals surface area contributed by atoms with Crippen LogP contribution in [0.3, 0.4) is 0 Å². The highest BCUT2D eigenvalue weighted by Gasteiger charge is 2.21. The fourth-order valence-electron chi connectivity index (χ4n) is 3.27. The van der Waals surface area contributed by atoms with Crippen LogP contribution in [0.4, 0.5) is 11.5 Å². The van der Waals surface area contributed by atoms with E-state index in [2.05, 4.69) is 32.4 Å². The molecule has 1 amide bonds. The van der Waals surface area contributed by atoms with Crippen molar-refractivity contribution in [1.29, 1.82) is 0 Å². The summed E-state index contributed by atoms with van der Waals surface area (Å²) < 4.78 is 0. The lowest BCUT2D eigenvalue weighted by molar-refractivity contribution is 0.0943. The highest BCUT2D eigenvalue weighted by atomic mass is 16.2. The number of fused-ring (bicyclic) bond motifs is 1. The van der Waals surface area contributed by atoms with Crippen molar-refractivity contribution in [2.24, 2.45) is 5.84 Å². The van der Waals surface area contributed by atoms with Crippen LogP contribution in [0.2, 0.25) is 0 Å².